The summed E-state index contributed by atoms with van der Waals surface area (Å²) in [6.45, 7) is 8.17. The van der Waals surface area contributed by atoms with E-state index in [9.17, 15) is 9.59 Å². The Balaban J connectivity index is 1.60. The van der Waals surface area contributed by atoms with Gasteiger partial charge in [-0.05, 0) is 38.2 Å². The summed E-state index contributed by atoms with van der Waals surface area (Å²) in [6.07, 6.45) is 7.63. The summed E-state index contributed by atoms with van der Waals surface area (Å²) in [5.41, 5.74) is 2.75. The average molecular weight is 385 g/mol. The van der Waals surface area contributed by atoms with E-state index >= 15 is 0 Å². The van der Waals surface area contributed by atoms with Crippen LogP contribution in [0.4, 0.5) is 0 Å². The molecule has 4 nitrogen and oxygen atoms in total. The lowest BCUT2D eigenvalue weighted by atomic mass is 9.69. The Morgan fingerprint density at radius 2 is 1.82 bits per heavy atom. The summed E-state index contributed by atoms with van der Waals surface area (Å²) in [7, 11) is 0. The second kappa shape index (κ2) is 9.11. The van der Waals surface area contributed by atoms with E-state index in [0.717, 1.165) is 32.2 Å². The molecular formula is C24H36N2O2. The molecule has 1 aliphatic heterocycles. The lowest BCUT2D eigenvalue weighted by Crippen LogP contribution is -2.47. The molecule has 0 radical (unpaired) electrons. The zero-order valence-corrected chi connectivity index (χ0v) is 17.8. The molecule has 0 unspecified atom stereocenters. The van der Waals surface area contributed by atoms with Crippen molar-refractivity contribution >= 4 is 11.8 Å². The highest BCUT2D eigenvalue weighted by Gasteiger charge is 2.35. The van der Waals surface area contributed by atoms with Crippen LogP contribution in [0.15, 0.2) is 24.3 Å². The first-order valence-corrected chi connectivity index (χ1v) is 11.0. The Morgan fingerprint density at radius 3 is 2.43 bits per heavy atom. The topological polar surface area (TPSA) is 49.4 Å². The fourth-order valence-electron chi connectivity index (χ4n) is 4.90. The van der Waals surface area contributed by atoms with Crippen molar-refractivity contribution in [3.8, 4) is 0 Å². The number of rotatable bonds is 5. The molecule has 1 heterocycles. The van der Waals surface area contributed by atoms with Gasteiger partial charge < -0.3 is 10.2 Å². The minimum atomic E-state index is 0.0332. The van der Waals surface area contributed by atoms with Gasteiger partial charge in [0.2, 0.25) is 11.8 Å². The monoisotopic (exact) mass is 384 g/mol. The van der Waals surface area contributed by atoms with Crippen LogP contribution in [0.1, 0.15) is 69.9 Å². The first-order valence-electron chi connectivity index (χ1n) is 11.0. The highest BCUT2D eigenvalue weighted by Crippen LogP contribution is 2.39. The lowest BCUT2D eigenvalue weighted by Gasteiger charge is -2.39. The summed E-state index contributed by atoms with van der Waals surface area (Å²) in [6, 6.07) is 8.82. The highest BCUT2D eigenvalue weighted by atomic mass is 16.2. The molecule has 1 N–H and O–H groups in total. The van der Waals surface area contributed by atoms with Gasteiger partial charge in [0.05, 0.1) is 0 Å². The van der Waals surface area contributed by atoms with Crippen LogP contribution in [0.5, 0.6) is 0 Å². The Labute approximate surface area is 170 Å². The van der Waals surface area contributed by atoms with Crippen molar-refractivity contribution in [2.45, 2.75) is 71.1 Å². The fourth-order valence-corrected chi connectivity index (χ4v) is 4.90. The zero-order valence-electron chi connectivity index (χ0n) is 17.8. The number of amides is 2. The zero-order chi connectivity index (χ0) is 20.1. The van der Waals surface area contributed by atoms with E-state index in [1.54, 1.807) is 0 Å². The van der Waals surface area contributed by atoms with Crippen LogP contribution < -0.4 is 5.32 Å². The Bertz CT molecular complexity index is 684. The second-order valence-corrected chi connectivity index (χ2v) is 9.18. The highest BCUT2D eigenvalue weighted by molar-refractivity contribution is 5.80. The molecule has 1 saturated carbocycles. The molecular weight excluding hydrogens is 348 g/mol. The fraction of sp³-hybridized carbons (Fsp3) is 0.667. The quantitative estimate of drug-likeness (QED) is 0.827. The van der Waals surface area contributed by atoms with E-state index in [4.69, 9.17) is 0 Å². The molecule has 1 aromatic rings. The summed E-state index contributed by atoms with van der Waals surface area (Å²) in [5.74, 6) is 0.453. The summed E-state index contributed by atoms with van der Waals surface area (Å²) in [5, 5.41) is 3.31. The molecule has 2 amide bonds. The molecule has 28 heavy (non-hydrogen) atoms. The van der Waals surface area contributed by atoms with E-state index < -0.39 is 0 Å². The van der Waals surface area contributed by atoms with Gasteiger partial charge in [-0.1, -0.05) is 62.9 Å². The molecule has 154 valence electrons. The Hall–Kier alpha value is -1.84. The van der Waals surface area contributed by atoms with Gasteiger partial charge >= 0.3 is 0 Å². The van der Waals surface area contributed by atoms with E-state index in [0.29, 0.717) is 13.1 Å². The third-order valence-corrected chi connectivity index (χ3v) is 6.71. The number of nitrogens with zero attached hydrogens (tertiary/aromatic N) is 1. The Morgan fingerprint density at radius 1 is 1.14 bits per heavy atom. The minimum absolute atomic E-state index is 0.0332. The number of piperidine rings is 1. The number of hydrogen-bond acceptors (Lipinski definition) is 2. The van der Waals surface area contributed by atoms with Gasteiger partial charge in [-0.15, -0.1) is 0 Å². The van der Waals surface area contributed by atoms with E-state index in [1.807, 2.05) is 18.7 Å². The molecule has 1 aromatic carbocycles. The molecule has 1 saturated heterocycles. The molecule has 3 rings (SSSR count). The first-order chi connectivity index (χ1) is 13.4. The van der Waals surface area contributed by atoms with Crippen molar-refractivity contribution in [3.05, 3.63) is 35.4 Å². The van der Waals surface area contributed by atoms with Crippen LogP contribution in [0.25, 0.3) is 0 Å². The molecule has 0 atom stereocenters. The van der Waals surface area contributed by atoms with Crippen molar-refractivity contribution in [2.75, 3.05) is 19.6 Å². The predicted molar refractivity (Wildman–Crippen MR) is 113 cm³/mol. The predicted octanol–water partition coefficient (Wildman–Crippen LogP) is 4.21. The average Bonchev–Trinajstić information content (AvgIpc) is 2.72. The van der Waals surface area contributed by atoms with Crippen LogP contribution in [0.3, 0.4) is 0 Å². The molecule has 0 aromatic heterocycles. The van der Waals surface area contributed by atoms with Gasteiger partial charge in [0.1, 0.15) is 0 Å². The van der Waals surface area contributed by atoms with Gasteiger partial charge in [0.25, 0.3) is 0 Å². The SMILES string of the molecule is Cc1cccc(C2(CNC(=O)C3CCN(C(=O)C(C)C)CC3)CCCCC2)c1. The number of nitrogens with one attached hydrogen (secondary N) is 1. The van der Waals surface area contributed by atoms with Crippen molar-refractivity contribution in [3.63, 3.8) is 0 Å². The van der Waals surface area contributed by atoms with Gasteiger partial charge in [-0.2, -0.15) is 0 Å². The molecule has 0 bridgehead atoms. The number of likely N-dealkylation sites (tertiary alicyclic amines) is 1. The van der Waals surface area contributed by atoms with Crippen LogP contribution in [0, 0.1) is 18.8 Å². The lowest BCUT2D eigenvalue weighted by molar-refractivity contribution is -0.138. The van der Waals surface area contributed by atoms with Gasteiger partial charge in [0.15, 0.2) is 0 Å². The van der Waals surface area contributed by atoms with Crippen LogP contribution in [-0.4, -0.2) is 36.3 Å². The maximum Gasteiger partial charge on any atom is 0.225 e. The molecule has 1 aliphatic carbocycles. The van der Waals surface area contributed by atoms with Crippen molar-refractivity contribution in [2.24, 2.45) is 11.8 Å². The Kier molecular flexibility index (Phi) is 6.79. The maximum atomic E-state index is 12.9. The summed E-state index contributed by atoms with van der Waals surface area (Å²) >= 11 is 0. The number of hydrogen-bond donors (Lipinski definition) is 1. The van der Waals surface area contributed by atoms with Crippen molar-refractivity contribution in [1.82, 2.24) is 10.2 Å². The van der Waals surface area contributed by atoms with Crippen LogP contribution >= 0.6 is 0 Å². The van der Waals surface area contributed by atoms with E-state index in [-0.39, 0.29) is 29.1 Å². The second-order valence-electron chi connectivity index (χ2n) is 9.18. The van der Waals surface area contributed by atoms with E-state index in [2.05, 4.69) is 36.5 Å². The number of aryl methyl sites for hydroxylation is 1. The van der Waals surface area contributed by atoms with Gasteiger partial charge in [0, 0.05) is 36.9 Å². The van der Waals surface area contributed by atoms with Crippen LogP contribution in [0.2, 0.25) is 0 Å². The van der Waals surface area contributed by atoms with Gasteiger partial charge in [-0.3, -0.25) is 9.59 Å². The van der Waals surface area contributed by atoms with Crippen LogP contribution in [-0.2, 0) is 15.0 Å². The summed E-state index contributed by atoms with van der Waals surface area (Å²) in [4.78, 5) is 27.0. The number of carbonyl (C=O) groups excluding carboxylic acids is 2. The number of carbonyl (C=O) groups is 2. The smallest absolute Gasteiger partial charge is 0.225 e. The molecule has 4 heteroatoms. The third-order valence-electron chi connectivity index (χ3n) is 6.71. The number of benzene rings is 1. The summed E-state index contributed by atoms with van der Waals surface area (Å²) < 4.78 is 0. The van der Waals surface area contributed by atoms with Gasteiger partial charge in [-0.25, -0.2) is 0 Å². The molecule has 2 fully saturated rings. The first kappa shape index (κ1) is 20.9. The van der Waals surface area contributed by atoms with Crippen molar-refractivity contribution in [1.29, 1.82) is 0 Å². The standard InChI is InChI=1S/C24H36N2O2/c1-18(2)23(28)26-14-10-20(11-15-26)22(27)25-17-24(12-5-4-6-13-24)21-9-7-8-19(3)16-21/h7-9,16,18,20H,4-6,10-15,17H2,1-3H3,(H,25,27). The third kappa shape index (κ3) is 4.76. The van der Waals surface area contributed by atoms with E-state index in [1.165, 1.54) is 30.4 Å². The normalized spacial score (nSPS) is 20.2. The molecule has 0 spiro atoms. The van der Waals surface area contributed by atoms with Crippen molar-refractivity contribution < 1.29 is 9.59 Å². The maximum absolute atomic E-state index is 12.9. The largest absolute Gasteiger partial charge is 0.355 e. The molecule has 2 aliphatic rings. The minimum Gasteiger partial charge on any atom is -0.355 e.